The number of rotatable bonds is 11. The summed E-state index contributed by atoms with van der Waals surface area (Å²) in [5.41, 5.74) is 0.864. The lowest BCUT2D eigenvalue weighted by Crippen LogP contribution is -2.55. The average Bonchev–Trinajstić information content (AvgIpc) is 3.20. The molecule has 2 aromatic carbocycles. The van der Waals surface area contributed by atoms with Crippen LogP contribution in [0.3, 0.4) is 0 Å². The summed E-state index contributed by atoms with van der Waals surface area (Å²) in [5, 5.41) is 14.8. The SMILES string of the molecule is CC(C)C[C@H](NC(=O)[C@H](Cc1ccccc1)NC(=O)c1c(Br)ccc(Cl)c1Cl)B1OC(=O)C(CC(=O)O)O1. The minimum absolute atomic E-state index is 0.0332. The Kier molecular flexibility index (Phi) is 10.6. The lowest BCUT2D eigenvalue weighted by molar-refractivity contribution is -0.145. The Bertz CT molecular complexity index is 1200. The van der Waals surface area contributed by atoms with E-state index in [9.17, 15) is 19.2 Å². The van der Waals surface area contributed by atoms with Crippen molar-refractivity contribution in [1.82, 2.24) is 10.6 Å². The molecule has 1 unspecified atom stereocenters. The highest BCUT2D eigenvalue weighted by Gasteiger charge is 2.47. The molecule has 13 heteroatoms. The van der Waals surface area contributed by atoms with Gasteiger partial charge in [0, 0.05) is 10.9 Å². The van der Waals surface area contributed by atoms with Gasteiger partial charge in [-0.05, 0) is 46.0 Å². The van der Waals surface area contributed by atoms with Gasteiger partial charge in [-0.3, -0.25) is 19.2 Å². The maximum atomic E-state index is 13.6. The van der Waals surface area contributed by atoms with E-state index in [1.54, 1.807) is 6.07 Å². The molecule has 1 aliphatic heterocycles. The van der Waals surface area contributed by atoms with Crippen molar-refractivity contribution in [3.05, 3.63) is 68.1 Å². The highest BCUT2D eigenvalue weighted by Crippen LogP contribution is 2.31. The molecule has 9 nitrogen and oxygen atoms in total. The molecule has 3 N–H and O–H groups in total. The lowest BCUT2D eigenvalue weighted by atomic mass is 9.74. The van der Waals surface area contributed by atoms with E-state index in [-0.39, 0.29) is 27.9 Å². The summed E-state index contributed by atoms with van der Waals surface area (Å²) in [7, 11) is -1.18. The first-order chi connectivity index (χ1) is 18.0. The van der Waals surface area contributed by atoms with Crippen LogP contribution in [-0.4, -0.2) is 54.1 Å². The number of carboxylic acids is 1. The molecule has 3 atom stereocenters. The molecule has 0 saturated carbocycles. The maximum Gasteiger partial charge on any atom is 0.552 e. The first-order valence-corrected chi connectivity index (χ1v) is 13.4. The molecular weight excluding hydrogens is 602 g/mol. The second kappa shape index (κ2) is 13.5. The summed E-state index contributed by atoms with van der Waals surface area (Å²) in [6.07, 6.45) is -1.32. The molecule has 2 amide bonds. The van der Waals surface area contributed by atoms with E-state index < -0.39 is 55.4 Å². The van der Waals surface area contributed by atoms with Crippen LogP contribution in [0.2, 0.25) is 10.0 Å². The number of aliphatic carboxylic acids is 1. The van der Waals surface area contributed by atoms with Gasteiger partial charge in [-0.15, -0.1) is 0 Å². The lowest BCUT2D eigenvalue weighted by Gasteiger charge is -2.25. The third-order valence-corrected chi connectivity index (χ3v) is 7.18. The molecule has 1 fully saturated rings. The van der Waals surface area contributed by atoms with Crippen LogP contribution in [0.4, 0.5) is 0 Å². The van der Waals surface area contributed by atoms with Gasteiger partial charge in [0.1, 0.15) is 6.04 Å². The minimum Gasteiger partial charge on any atom is -0.506 e. The van der Waals surface area contributed by atoms with Crippen molar-refractivity contribution in [2.24, 2.45) is 5.92 Å². The molecule has 0 radical (unpaired) electrons. The summed E-state index contributed by atoms with van der Waals surface area (Å²) in [6, 6.07) is 11.2. The van der Waals surface area contributed by atoms with Crippen LogP contribution < -0.4 is 10.6 Å². The van der Waals surface area contributed by atoms with E-state index in [0.29, 0.717) is 10.9 Å². The van der Waals surface area contributed by atoms with Gasteiger partial charge in [0.05, 0.1) is 28.0 Å². The smallest absolute Gasteiger partial charge is 0.506 e. The van der Waals surface area contributed by atoms with Crippen molar-refractivity contribution in [2.45, 2.75) is 51.2 Å². The van der Waals surface area contributed by atoms with Gasteiger partial charge >= 0.3 is 19.1 Å². The Labute approximate surface area is 238 Å². The third-order valence-electron chi connectivity index (χ3n) is 5.71. The largest absolute Gasteiger partial charge is 0.552 e. The predicted molar refractivity (Wildman–Crippen MR) is 146 cm³/mol. The van der Waals surface area contributed by atoms with Crippen molar-refractivity contribution in [2.75, 3.05) is 0 Å². The van der Waals surface area contributed by atoms with Crippen molar-refractivity contribution in [3.63, 3.8) is 0 Å². The normalized spacial score (nSPS) is 16.6. The topological polar surface area (TPSA) is 131 Å². The molecule has 1 aliphatic rings. The molecule has 0 aromatic heterocycles. The van der Waals surface area contributed by atoms with Crippen LogP contribution in [0.15, 0.2) is 46.9 Å². The van der Waals surface area contributed by atoms with Crippen LogP contribution >= 0.6 is 39.1 Å². The minimum atomic E-state index is -1.27. The van der Waals surface area contributed by atoms with Crippen LogP contribution in [0.1, 0.15) is 42.6 Å². The van der Waals surface area contributed by atoms with Gasteiger partial charge in [-0.25, -0.2) is 0 Å². The van der Waals surface area contributed by atoms with Crippen molar-refractivity contribution in [3.8, 4) is 0 Å². The van der Waals surface area contributed by atoms with Gasteiger partial charge in [-0.1, -0.05) is 67.4 Å². The van der Waals surface area contributed by atoms with E-state index >= 15 is 0 Å². The number of benzene rings is 2. The van der Waals surface area contributed by atoms with Gasteiger partial charge < -0.3 is 25.0 Å². The highest BCUT2D eigenvalue weighted by atomic mass is 79.9. The van der Waals surface area contributed by atoms with Crippen molar-refractivity contribution in [1.29, 1.82) is 0 Å². The quantitative estimate of drug-likeness (QED) is 0.253. The number of carboxylic acid groups (broad SMARTS) is 1. The molecule has 0 aliphatic carbocycles. The standard InChI is InChI=1S/C25H26BBrCl2N2O7/c1-13(2)10-19(26-37-18(12-20(32)33)25(36)38-26)31-23(34)17(11-14-6-4-3-5-7-14)30-24(35)21-15(27)8-9-16(28)22(21)29/h3-9,13,17-19H,10-12H2,1-2H3,(H,30,35)(H,31,34)(H,32,33)/t17-,18?,19-/m0/s1. The fraction of sp³-hybridized carbons (Fsp3) is 0.360. The van der Waals surface area contributed by atoms with E-state index in [2.05, 4.69) is 26.6 Å². The van der Waals surface area contributed by atoms with Crippen molar-refractivity contribution >= 4 is 70.0 Å². The second-order valence-electron chi connectivity index (χ2n) is 9.21. The molecular formula is C25H26BBrCl2N2O7. The zero-order chi connectivity index (χ0) is 28.0. The van der Waals surface area contributed by atoms with Crippen molar-refractivity contribution < 1.29 is 33.6 Å². The summed E-state index contributed by atoms with van der Waals surface area (Å²) in [6.45, 7) is 3.82. The second-order valence-corrected chi connectivity index (χ2v) is 10.8. The molecule has 1 heterocycles. The third kappa shape index (κ3) is 7.95. The Morgan fingerprint density at radius 3 is 2.42 bits per heavy atom. The number of amides is 2. The number of carbonyl (C=O) groups excluding carboxylic acids is 3. The Hall–Kier alpha value is -2.60. The van der Waals surface area contributed by atoms with E-state index in [1.165, 1.54) is 6.07 Å². The predicted octanol–water partition coefficient (Wildman–Crippen LogP) is 4.07. The Morgan fingerprint density at radius 2 is 1.79 bits per heavy atom. The Morgan fingerprint density at radius 1 is 1.11 bits per heavy atom. The summed E-state index contributed by atoms with van der Waals surface area (Å²) in [4.78, 5) is 50.0. The molecule has 202 valence electrons. The fourth-order valence-electron chi connectivity index (χ4n) is 3.96. The van der Waals surface area contributed by atoms with Crippen LogP contribution in [0.25, 0.3) is 0 Å². The highest BCUT2D eigenvalue weighted by molar-refractivity contribution is 9.10. The zero-order valence-electron chi connectivity index (χ0n) is 20.6. The molecule has 3 rings (SSSR count). The number of nitrogens with one attached hydrogen (secondary N) is 2. The fourth-order valence-corrected chi connectivity index (χ4v) is 4.99. The first kappa shape index (κ1) is 30.0. The van der Waals surface area contributed by atoms with Crippen LogP contribution in [0.5, 0.6) is 0 Å². The first-order valence-electron chi connectivity index (χ1n) is 11.8. The zero-order valence-corrected chi connectivity index (χ0v) is 23.7. The van der Waals surface area contributed by atoms with Crippen LogP contribution in [-0.2, 0) is 30.1 Å². The number of halogens is 3. The number of carbonyl (C=O) groups is 4. The van der Waals surface area contributed by atoms with Gasteiger partial charge in [0.2, 0.25) is 5.91 Å². The summed E-state index contributed by atoms with van der Waals surface area (Å²) >= 11 is 15.7. The summed E-state index contributed by atoms with van der Waals surface area (Å²) < 4.78 is 11.2. The molecule has 1 saturated heterocycles. The maximum absolute atomic E-state index is 13.6. The average molecular weight is 628 g/mol. The van der Waals surface area contributed by atoms with Gasteiger partial charge in [0.15, 0.2) is 6.10 Å². The number of hydrogen-bond acceptors (Lipinski definition) is 6. The molecule has 38 heavy (non-hydrogen) atoms. The van der Waals surface area contributed by atoms with Gasteiger partial charge in [0.25, 0.3) is 5.91 Å². The van der Waals surface area contributed by atoms with E-state index in [4.69, 9.17) is 37.6 Å². The Balaban J connectivity index is 1.84. The molecule has 0 bridgehead atoms. The molecule has 2 aromatic rings. The van der Waals surface area contributed by atoms with Gasteiger partial charge in [-0.2, -0.15) is 0 Å². The van der Waals surface area contributed by atoms with E-state index in [0.717, 1.165) is 5.56 Å². The molecule has 0 spiro atoms. The van der Waals surface area contributed by atoms with E-state index in [1.807, 2.05) is 44.2 Å². The number of hydrogen-bond donors (Lipinski definition) is 3. The van der Waals surface area contributed by atoms with Crippen LogP contribution in [0, 0.1) is 5.92 Å². The summed E-state index contributed by atoms with van der Waals surface area (Å²) in [5.74, 6) is -3.93. The monoisotopic (exact) mass is 626 g/mol.